The van der Waals surface area contributed by atoms with Gasteiger partial charge in [0.2, 0.25) is 0 Å². The van der Waals surface area contributed by atoms with E-state index in [-0.39, 0.29) is 17.7 Å². The van der Waals surface area contributed by atoms with Crippen molar-refractivity contribution in [2.45, 2.75) is 25.4 Å². The Morgan fingerprint density at radius 1 is 1.43 bits per heavy atom. The Bertz CT molecular complexity index is 332. The standard InChI is InChI=1S/C9H10N2O3/c12-8(13)6-4-10-9(11-5-6)14-7-2-1-3-7/h4-5,7H,1-3H2,(H,12,13). The molecule has 74 valence electrons. The molecule has 1 saturated carbocycles. The highest BCUT2D eigenvalue weighted by atomic mass is 16.5. The highest BCUT2D eigenvalue weighted by Gasteiger charge is 2.20. The Kier molecular flexibility index (Phi) is 2.30. The highest BCUT2D eigenvalue weighted by molar-refractivity contribution is 5.86. The third-order valence-electron chi connectivity index (χ3n) is 2.20. The Balaban J connectivity index is 2.01. The second kappa shape index (κ2) is 3.61. The summed E-state index contributed by atoms with van der Waals surface area (Å²) in [4.78, 5) is 18.1. The first-order valence-electron chi connectivity index (χ1n) is 4.48. The van der Waals surface area contributed by atoms with Crippen molar-refractivity contribution in [2.24, 2.45) is 0 Å². The number of aromatic carboxylic acids is 1. The normalized spacial score (nSPS) is 16.0. The average molecular weight is 194 g/mol. The number of carboxylic acids is 1. The number of hydrogen-bond donors (Lipinski definition) is 1. The maximum Gasteiger partial charge on any atom is 0.338 e. The fraction of sp³-hybridized carbons (Fsp3) is 0.444. The molecule has 0 spiro atoms. The predicted molar refractivity (Wildman–Crippen MR) is 47.3 cm³/mol. The minimum atomic E-state index is -1.03. The van der Waals surface area contributed by atoms with Crippen LogP contribution in [0.2, 0.25) is 0 Å². The molecule has 1 fully saturated rings. The zero-order valence-electron chi connectivity index (χ0n) is 7.51. The van der Waals surface area contributed by atoms with Crippen molar-refractivity contribution >= 4 is 5.97 Å². The van der Waals surface area contributed by atoms with Crippen molar-refractivity contribution in [3.63, 3.8) is 0 Å². The van der Waals surface area contributed by atoms with Gasteiger partial charge in [0.15, 0.2) is 0 Å². The van der Waals surface area contributed by atoms with Crippen molar-refractivity contribution in [2.75, 3.05) is 0 Å². The lowest BCUT2D eigenvalue weighted by Gasteiger charge is -2.24. The van der Waals surface area contributed by atoms with Crippen molar-refractivity contribution in [3.05, 3.63) is 18.0 Å². The third-order valence-corrected chi connectivity index (χ3v) is 2.20. The summed E-state index contributed by atoms with van der Waals surface area (Å²) in [5.41, 5.74) is 0.0750. The Morgan fingerprint density at radius 2 is 2.07 bits per heavy atom. The number of nitrogens with zero attached hydrogens (tertiary/aromatic N) is 2. The quantitative estimate of drug-likeness (QED) is 0.780. The summed E-state index contributed by atoms with van der Waals surface area (Å²) in [5, 5.41) is 8.59. The summed E-state index contributed by atoms with van der Waals surface area (Å²) in [6, 6.07) is 0.264. The van der Waals surface area contributed by atoms with Crippen LogP contribution in [0.5, 0.6) is 6.01 Å². The molecule has 0 atom stereocenters. The largest absolute Gasteiger partial charge is 0.478 e. The second-order valence-electron chi connectivity index (χ2n) is 3.23. The van der Waals surface area contributed by atoms with Crippen molar-refractivity contribution in [3.8, 4) is 6.01 Å². The van der Waals surface area contributed by atoms with Crippen molar-refractivity contribution in [1.29, 1.82) is 0 Å². The minimum absolute atomic E-state index is 0.0750. The molecule has 1 aromatic heterocycles. The summed E-state index contributed by atoms with van der Waals surface area (Å²) in [7, 11) is 0. The van der Waals surface area contributed by atoms with E-state index in [4.69, 9.17) is 9.84 Å². The molecule has 1 heterocycles. The molecule has 0 aromatic carbocycles. The summed E-state index contributed by atoms with van der Waals surface area (Å²) in [6.07, 6.45) is 5.96. The van der Waals surface area contributed by atoms with Gasteiger partial charge in [0.05, 0.1) is 5.56 Å². The average Bonchev–Trinajstić information content (AvgIpc) is 2.12. The van der Waals surface area contributed by atoms with Gasteiger partial charge < -0.3 is 9.84 Å². The number of hydrogen-bond acceptors (Lipinski definition) is 4. The first-order valence-corrected chi connectivity index (χ1v) is 4.48. The molecule has 1 aliphatic carbocycles. The summed E-state index contributed by atoms with van der Waals surface area (Å²) in [6.45, 7) is 0. The van der Waals surface area contributed by atoms with Crippen LogP contribution < -0.4 is 4.74 Å². The monoisotopic (exact) mass is 194 g/mol. The number of rotatable bonds is 3. The Hall–Kier alpha value is -1.65. The van der Waals surface area contributed by atoms with Crippen molar-refractivity contribution < 1.29 is 14.6 Å². The van der Waals surface area contributed by atoms with Crippen LogP contribution in [0, 0.1) is 0 Å². The molecule has 1 N–H and O–H groups in total. The maximum absolute atomic E-state index is 10.5. The van der Waals surface area contributed by atoms with Gasteiger partial charge in [0, 0.05) is 12.4 Å². The van der Waals surface area contributed by atoms with Gasteiger partial charge in [-0.25, -0.2) is 14.8 Å². The van der Waals surface area contributed by atoms with Gasteiger partial charge >= 0.3 is 12.0 Å². The van der Waals surface area contributed by atoms with E-state index < -0.39 is 5.97 Å². The third kappa shape index (κ3) is 1.81. The lowest BCUT2D eigenvalue weighted by molar-refractivity contribution is 0.0695. The van der Waals surface area contributed by atoms with Crippen LogP contribution in [0.25, 0.3) is 0 Å². The molecule has 0 radical (unpaired) electrons. The maximum atomic E-state index is 10.5. The van der Waals surface area contributed by atoms with Gasteiger partial charge in [-0.3, -0.25) is 0 Å². The summed E-state index contributed by atoms with van der Waals surface area (Å²) < 4.78 is 5.37. The lowest BCUT2D eigenvalue weighted by Crippen LogP contribution is -2.25. The number of aromatic nitrogens is 2. The topological polar surface area (TPSA) is 72.3 Å². The van der Waals surface area contributed by atoms with E-state index >= 15 is 0 Å². The van der Waals surface area contributed by atoms with Gasteiger partial charge in [0.25, 0.3) is 0 Å². The van der Waals surface area contributed by atoms with Crippen LogP contribution in [-0.2, 0) is 0 Å². The smallest absolute Gasteiger partial charge is 0.338 e. The predicted octanol–water partition coefficient (Wildman–Crippen LogP) is 1.11. The molecule has 0 amide bonds. The Morgan fingerprint density at radius 3 is 2.50 bits per heavy atom. The number of ether oxygens (including phenoxy) is 1. The molecule has 0 unspecified atom stereocenters. The molecule has 1 aliphatic rings. The molecular weight excluding hydrogens is 184 g/mol. The second-order valence-corrected chi connectivity index (χ2v) is 3.23. The van der Waals surface area contributed by atoms with Gasteiger partial charge in [0.1, 0.15) is 6.10 Å². The number of carboxylic acid groups (broad SMARTS) is 1. The fourth-order valence-electron chi connectivity index (χ4n) is 1.13. The number of carbonyl (C=O) groups is 1. The van der Waals surface area contributed by atoms with E-state index in [1.54, 1.807) is 0 Å². The van der Waals surface area contributed by atoms with E-state index in [1.165, 1.54) is 18.8 Å². The molecule has 5 nitrogen and oxygen atoms in total. The fourth-order valence-corrected chi connectivity index (χ4v) is 1.13. The van der Waals surface area contributed by atoms with Gasteiger partial charge in [-0.05, 0) is 19.3 Å². The molecular formula is C9H10N2O3. The highest BCUT2D eigenvalue weighted by Crippen LogP contribution is 2.22. The van der Waals surface area contributed by atoms with E-state index in [9.17, 15) is 4.79 Å². The Labute approximate surface area is 80.8 Å². The molecule has 0 bridgehead atoms. The molecule has 1 aromatic rings. The van der Waals surface area contributed by atoms with Crippen LogP contribution in [0.4, 0.5) is 0 Å². The summed E-state index contributed by atoms with van der Waals surface area (Å²) in [5.74, 6) is -1.03. The van der Waals surface area contributed by atoms with Crippen LogP contribution >= 0.6 is 0 Å². The molecule has 0 aliphatic heterocycles. The summed E-state index contributed by atoms with van der Waals surface area (Å²) >= 11 is 0. The SMILES string of the molecule is O=C(O)c1cnc(OC2CCC2)nc1. The van der Waals surface area contributed by atoms with E-state index in [0.29, 0.717) is 0 Å². The first-order chi connectivity index (χ1) is 6.75. The zero-order chi connectivity index (χ0) is 9.97. The van der Waals surface area contributed by atoms with Crippen LogP contribution in [-0.4, -0.2) is 27.1 Å². The molecule has 5 heteroatoms. The van der Waals surface area contributed by atoms with Crippen LogP contribution in [0.3, 0.4) is 0 Å². The van der Waals surface area contributed by atoms with Crippen LogP contribution in [0.1, 0.15) is 29.6 Å². The lowest BCUT2D eigenvalue weighted by atomic mass is 9.96. The minimum Gasteiger partial charge on any atom is -0.478 e. The van der Waals surface area contributed by atoms with E-state index in [0.717, 1.165) is 12.8 Å². The zero-order valence-corrected chi connectivity index (χ0v) is 7.51. The molecule has 2 rings (SSSR count). The van der Waals surface area contributed by atoms with E-state index in [1.807, 2.05) is 0 Å². The van der Waals surface area contributed by atoms with Crippen molar-refractivity contribution in [1.82, 2.24) is 9.97 Å². The molecule has 0 saturated heterocycles. The van der Waals surface area contributed by atoms with Crippen LogP contribution in [0.15, 0.2) is 12.4 Å². The first kappa shape index (κ1) is 8.93. The van der Waals surface area contributed by atoms with Gasteiger partial charge in [-0.2, -0.15) is 0 Å². The van der Waals surface area contributed by atoms with Gasteiger partial charge in [-0.1, -0.05) is 0 Å². The van der Waals surface area contributed by atoms with E-state index in [2.05, 4.69) is 9.97 Å². The van der Waals surface area contributed by atoms with Gasteiger partial charge in [-0.15, -0.1) is 0 Å². The molecule has 14 heavy (non-hydrogen) atoms.